The van der Waals surface area contributed by atoms with Crippen molar-refractivity contribution in [3.05, 3.63) is 24.0 Å². The van der Waals surface area contributed by atoms with Gasteiger partial charge in [0.2, 0.25) is 0 Å². The molecule has 1 atom stereocenters. The summed E-state index contributed by atoms with van der Waals surface area (Å²) in [5.41, 5.74) is 7.90. The summed E-state index contributed by atoms with van der Waals surface area (Å²) in [6.07, 6.45) is 3.60. The van der Waals surface area contributed by atoms with Gasteiger partial charge in [0.1, 0.15) is 0 Å². The normalized spacial score (nSPS) is 13.0. The summed E-state index contributed by atoms with van der Waals surface area (Å²) in [4.78, 5) is 4.15. The Morgan fingerprint density at radius 3 is 2.81 bits per heavy atom. The molecule has 1 aromatic rings. The van der Waals surface area contributed by atoms with Crippen molar-refractivity contribution in [3.63, 3.8) is 0 Å². The lowest BCUT2D eigenvalue weighted by molar-refractivity contribution is 0.605. The number of hydrogen-bond donors (Lipinski definition) is 2. The van der Waals surface area contributed by atoms with Crippen LogP contribution in [0.4, 0.5) is 5.69 Å². The lowest BCUT2D eigenvalue weighted by Gasteiger charge is -2.20. The fraction of sp³-hybridized carbons (Fsp3) is 0.583. The van der Waals surface area contributed by atoms with E-state index in [0.717, 1.165) is 23.5 Å². The van der Waals surface area contributed by atoms with Crippen LogP contribution < -0.4 is 11.1 Å². The molecular weight excluding hydrogens is 218 g/mol. The summed E-state index contributed by atoms with van der Waals surface area (Å²) in [7, 11) is 0. The van der Waals surface area contributed by atoms with Gasteiger partial charge in [0, 0.05) is 35.4 Å². The quantitative estimate of drug-likeness (QED) is 0.800. The highest BCUT2D eigenvalue weighted by atomic mass is 32.2. The van der Waals surface area contributed by atoms with E-state index in [4.69, 9.17) is 5.73 Å². The Balaban J connectivity index is 2.73. The van der Waals surface area contributed by atoms with Crippen molar-refractivity contribution in [2.45, 2.75) is 32.1 Å². The van der Waals surface area contributed by atoms with Gasteiger partial charge in [-0.25, -0.2) is 0 Å². The van der Waals surface area contributed by atoms with Crippen LogP contribution in [0.5, 0.6) is 0 Å². The van der Waals surface area contributed by atoms with Crippen molar-refractivity contribution >= 4 is 17.4 Å². The molecule has 1 rings (SSSR count). The number of nitrogens with zero attached hydrogens (tertiary/aromatic N) is 1. The van der Waals surface area contributed by atoms with E-state index in [1.165, 1.54) is 0 Å². The first-order chi connectivity index (χ1) is 7.65. The molecule has 0 saturated carbocycles. The first kappa shape index (κ1) is 13.3. The molecule has 0 aliphatic heterocycles. The van der Waals surface area contributed by atoms with Crippen molar-refractivity contribution in [2.24, 2.45) is 0 Å². The SMILES string of the molecule is CCNC(CSC(C)C)c1cnccc1N. The minimum atomic E-state index is 0.297. The summed E-state index contributed by atoms with van der Waals surface area (Å²) in [6.45, 7) is 7.47. The van der Waals surface area contributed by atoms with Crippen LogP contribution in [0.2, 0.25) is 0 Å². The lowest BCUT2D eigenvalue weighted by atomic mass is 10.1. The summed E-state index contributed by atoms with van der Waals surface area (Å²) >= 11 is 1.94. The van der Waals surface area contributed by atoms with Crippen molar-refractivity contribution < 1.29 is 0 Å². The van der Waals surface area contributed by atoms with Gasteiger partial charge in [0.25, 0.3) is 0 Å². The van der Waals surface area contributed by atoms with Gasteiger partial charge in [0.05, 0.1) is 0 Å². The lowest BCUT2D eigenvalue weighted by Crippen LogP contribution is -2.24. The third-order valence-electron chi connectivity index (χ3n) is 2.31. The number of nitrogens with two attached hydrogens (primary N) is 1. The maximum Gasteiger partial charge on any atom is 0.0447 e. The number of aromatic nitrogens is 1. The van der Waals surface area contributed by atoms with Gasteiger partial charge in [0.15, 0.2) is 0 Å². The molecule has 0 saturated heterocycles. The molecule has 3 N–H and O–H groups in total. The van der Waals surface area contributed by atoms with E-state index in [1.807, 2.05) is 24.0 Å². The molecule has 4 heteroatoms. The van der Waals surface area contributed by atoms with Crippen LogP contribution in [0.15, 0.2) is 18.5 Å². The van der Waals surface area contributed by atoms with Crippen LogP contribution in [0, 0.1) is 0 Å². The van der Waals surface area contributed by atoms with Gasteiger partial charge in [-0.3, -0.25) is 4.98 Å². The highest BCUT2D eigenvalue weighted by Crippen LogP contribution is 2.24. The predicted molar refractivity (Wildman–Crippen MR) is 72.7 cm³/mol. The van der Waals surface area contributed by atoms with E-state index in [0.29, 0.717) is 11.3 Å². The molecule has 0 amide bonds. The number of rotatable bonds is 6. The predicted octanol–water partition coefficient (Wildman–Crippen LogP) is 2.46. The molecule has 0 aromatic carbocycles. The number of pyridine rings is 1. The zero-order valence-corrected chi connectivity index (χ0v) is 11.1. The van der Waals surface area contributed by atoms with Gasteiger partial charge < -0.3 is 11.1 Å². The first-order valence-electron chi connectivity index (χ1n) is 5.69. The second kappa shape index (κ2) is 6.76. The number of nitrogen functional groups attached to an aromatic ring is 1. The third kappa shape index (κ3) is 4.02. The highest BCUT2D eigenvalue weighted by Gasteiger charge is 2.13. The Kier molecular flexibility index (Phi) is 5.63. The van der Waals surface area contributed by atoms with Gasteiger partial charge in [-0.2, -0.15) is 11.8 Å². The second-order valence-corrected chi connectivity index (χ2v) is 5.61. The molecule has 0 aliphatic rings. The summed E-state index contributed by atoms with van der Waals surface area (Å²) in [6, 6.07) is 2.16. The molecule has 0 spiro atoms. The topological polar surface area (TPSA) is 50.9 Å². The minimum Gasteiger partial charge on any atom is -0.398 e. The molecule has 90 valence electrons. The number of thioether (sulfide) groups is 1. The Labute approximate surface area is 102 Å². The Hall–Kier alpha value is -0.740. The maximum atomic E-state index is 5.97. The first-order valence-corrected chi connectivity index (χ1v) is 6.74. The molecular formula is C12H21N3S. The van der Waals surface area contributed by atoms with Crippen LogP contribution in [-0.4, -0.2) is 22.5 Å². The maximum absolute atomic E-state index is 5.97. The number of nitrogens with one attached hydrogen (secondary N) is 1. The molecule has 3 nitrogen and oxygen atoms in total. The second-order valence-electron chi connectivity index (χ2n) is 4.00. The Morgan fingerprint density at radius 1 is 1.50 bits per heavy atom. The fourth-order valence-electron chi connectivity index (χ4n) is 1.50. The molecule has 0 aliphatic carbocycles. The number of anilines is 1. The highest BCUT2D eigenvalue weighted by molar-refractivity contribution is 7.99. The van der Waals surface area contributed by atoms with Crippen molar-refractivity contribution in [3.8, 4) is 0 Å². The standard InChI is InChI=1S/C12H21N3S/c1-4-15-12(8-16-9(2)3)10-7-14-6-5-11(10)13/h5-7,9,12,15H,4,8H2,1-3H3,(H2,13,14). The Morgan fingerprint density at radius 2 is 2.25 bits per heavy atom. The number of hydrogen-bond acceptors (Lipinski definition) is 4. The molecule has 0 bridgehead atoms. The van der Waals surface area contributed by atoms with Gasteiger partial charge in [-0.15, -0.1) is 0 Å². The zero-order chi connectivity index (χ0) is 12.0. The monoisotopic (exact) mass is 239 g/mol. The van der Waals surface area contributed by atoms with E-state index in [2.05, 4.69) is 31.1 Å². The van der Waals surface area contributed by atoms with Crippen LogP contribution in [0.1, 0.15) is 32.4 Å². The molecule has 16 heavy (non-hydrogen) atoms. The summed E-state index contributed by atoms with van der Waals surface area (Å²) < 4.78 is 0. The average Bonchev–Trinajstić information content (AvgIpc) is 2.25. The average molecular weight is 239 g/mol. The molecule has 1 heterocycles. The van der Waals surface area contributed by atoms with Crippen molar-refractivity contribution in [1.29, 1.82) is 0 Å². The van der Waals surface area contributed by atoms with Crippen LogP contribution >= 0.6 is 11.8 Å². The van der Waals surface area contributed by atoms with Crippen LogP contribution in [0.3, 0.4) is 0 Å². The van der Waals surface area contributed by atoms with Crippen LogP contribution in [-0.2, 0) is 0 Å². The fourth-order valence-corrected chi connectivity index (χ4v) is 2.38. The smallest absolute Gasteiger partial charge is 0.0447 e. The van der Waals surface area contributed by atoms with Crippen molar-refractivity contribution in [2.75, 3.05) is 18.0 Å². The molecule has 1 aromatic heterocycles. The summed E-state index contributed by atoms with van der Waals surface area (Å²) in [5.74, 6) is 1.03. The van der Waals surface area contributed by atoms with Gasteiger partial charge in [-0.05, 0) is 17.9 Å². The molecule has 0 fully saturated rings. The van der Waals surface area contributed by atoms with Gasteiger partial charge >= 0.3 is 0 Å². The summed E-state index contributed by atoms with van der Waals surface area (Å²) in [5, 5.41) is 4.09. The van der Waals surface area contributed by atoms with E-state index in [1.54, 1.807) is 6.20 Å². The molecule has 1 unspecified atom stereocenters. The molecule has 0 radical (unpaired) electrons. The van der Waals surface area contributed by atoms with E-state index in [-0.39, 0.29) is 0 Å². The zero-order valence-electron chi connectivity index (χ0n) is 10.2. The third-order valence-corrected chi connectivity index (χ3v) is 3.50. The largest absolute Gasteiger partial charge is 0.398 e. The Bertz CT molecular complexity index is 315. The van der Waals surface area contributed by atoms with E-state index in [9.17, 15) is 0 Å². The van der Waals surface area contributed by atoms with Crippen molar-refractivity contribution in [1.82, 2.24) is 10.3 Å². The minimum absolute atomic E-state index is 0.297. The van der Waals surface area contributed by atoms with E-state index < -0.39 is 0 Å². The van der Waals surface area contributed by atoms with Gasteiger partial charge in [-0.1, -0.05) is 20.8 Å². The van der Waals surface area contributed by atoms with Crippen LogP contribution in [0.25, 0.3) is 0 Å². The van der Waals surface area contributed by atoms with E-state index >= 15 is 0 Å².